The molecule has 1 aliphatic carbocycles. The van der Waals surface area contributed by atoms with Gasteiger partial charge in [0.25, 0.3) is 0 Å². The molecule has 0 aromatic carbocycles. The van der Waals surface area contributed by atoms with E-state index in [4.69, 9.17) is 0 Å². The van der Waals surface area contributed by atoms with Crippen LogP contribution in [0.4, 0.5) is 0 Å². The third-order valence-electron chi connectivity index (χ3n) is 4.91. The summed E-state index contributed by atoms with van der Waals surface area (Å²) in [4.78, 5) is 12.1. The zero-order valence-electron chi connectivity index (χ0n) is 14.1. The van der Waals surface area contributed by atoms with Crippen molar-refractivity contribution in [3.8, 4) is 0 Å². The van der Waals surface area contributed by atoms with E-state index in [-0.39, 0.29) is 5.91 Å². The Hall–Kier alpha value is -1.36. The van der Waals surface area contributed by atoms with Gasteiger partial charge in [-0.3, -0.25) is 9.48 Å². The summed E-state index contributed by atoms with van der Waals surface area (Å²) in [7, 11) is 1.92. The van der Waals surface area contributed by atoms with Crippen molar-refractivity contribution in [1.82, 2.24) is 15.1 Å². The van der Waals surface area contributed by atoms with E-state index in [1.165, 1.54) is 12.8 Å². The highest BCUT2D eigenvalue weighted by Gasteiger charge is 2.28. The quantitative estimate of drug-likeness (QED) is 0.819. The molecule has 0 saturated heterocycles. The molecule has 0 radical (unpaired) electrons. The Morgan fingerprint density at radius 1 is 1.27 bits per heavy atom. The average molecular weight is 307 g/mol. The van der Waals surface area contributed by atoms with Gasteiger partial charge in [-0.2, -0.15) is 5.10 Å². The van der Waals surface area contributed by atoms with E-state index in [1.54, 1.807) is 0 Å². The highest BCUT2D eigenvalue weighted by molar-refractivity contribution is 5.76. The lowest BCUT2D eigenvalue weighted by molar-refractivity contribution is -0.122. The first kappa shape index (κ1) is 17.0. The fourth-order valence-electron chi connectivity index (χ4n) is 3.33. The first-order chi connectivity index (χ1) is 10.4. The van der Waals surface area contributed by atoms with Gasteiger partial charge in [-0.15, -0.1) is 0 Å². The molecule has 5 heteroatoms. The van der Waals surface area contributed by atoms with Crippen LogP contribution >= 0.6 is 0 Å². The number of hydrogen-bond acceptors (Lipinski definition) is 3. The lowest BCUT2D eigenvalue weighted by atomic mass is 9.94. The van der Waals surface area contributed by atoms with Crippen LogP contribution in [0.15, 0.2) is 0 Å². The van der Waals surface area contributed by atoms with E-state index in [9.17, 15) is 9.90 Å². The zero-order valence-corrected chi connectivity index (χ0v) is 14.1. The molecule has 5 nitrogen and oxygen atoms in total. The van der Waals surface area contributed by atoms with Crippen molar-refractivity contribution in [3.05, 3.63) is 17.0 Å². The molecule has 1 saturated carbocycles. The van der Waals surface area contributed by atoms with Crippen LogP contribution in [0, 0.1) is 13.8 Å². The van der Waals surface area contributed by atoms with Gasteiger partial charge >= 0.3 is 0 Å². The summed E-state index contributed by atoms with van der Waals surface area (Å²) in [6.45, 7) is 4.40. The second-order valence-corrected chi connectivity index (χ2v) is 6.69. The number of hydrogen-bond donors (Lipinski definition) is 2. The van der Waals surface area contributed by atoms with Gasteiger partial charge in [-0.25, -0.2) is 0 Å². The molecule has 1 fully saturated rings. The second kappa shape index (κ2) is 7.27. The fourth-order valence-corrected chi connectivity index (χ4v) is 3.33. The number of aryl methyl sites for hydroxylation is 2. The molecule has 0 unspecified atom stereocenters. The third-order valence-corrected chi connectivity index (χ3v) is 4.91. The minimum atomic E-state index is -0.702. The summed E-state index contributed by atoms with van der Waals surface area (Å²) >= 11 is 0. The van der Waals surface area contributed by atoms with Gasteiger partial charge in [-0.05, 0) is 38.7 Å². The minimum Gasteiger partial charge on any atom is -0.388 e. The van der Waals surface area contributed by atoms with Gasteiger partial charge in [0.05, 0.1) is 11.3 Å². The molecule has 22 heavy (non-hydrogen) atoms. The van der Waals surface area contributed by atoms with Crippen LogP contribution in [0.5, 0.6) is 0 Å². The maximum Gasteiger partial charge on any atom is 0.220 e. The lowest BCUT2D eigenvalue weighted by Gasteiger charge is -2.26. The summed E-state index contributed by atoms with van der Waals surface area (Å²) in [6.07, 6.45) is 7.24. The van der Waals surface area contributed by atoms with Crippen LogP contribution < -0.4 is 5.32 Å². The van der Waals surface area contributed by atoms with Crippen LogP contribution in [0.2, 0.25) is 0 Å². The summed E-state index contributed by atoms with van der Waals surface area (Å²) in [5, 5.41) is 17.8. The summed E-state index contributed by atoms with van der Waals surface area (Å²) < 4.78 is 1.86. The normalized spacial score (nSPS) is 18.0. The van der Waals surface area contributed by atoms with E-state index in [2.05, 4.69) is 10.4 Å². The van der Waals surface area contributed by atoms with Crippen molar-refractivity contribution in [1.29, 1.82) is 0 Å². The number of nitrogens with zero attached hydrogens (tertiary/aromatic N) is 2. The topological polar surface area (TPSA) is 67.2 Å². The molecule has 2 N–H and O–H groups in total. The van der Waals surface area contributed by atoms with Crippen LogP contribution in [-0.4, -0.2) is 32.9 Å². The molecule has 1 amide bonds. The van der Waals surface area contributed by atoms with Gasteiger partial charge in [0.15, 0.2) is 0 Å². The predicted octanol–water partition coefficient (Wildman–Crippen LogP) is 2.17. The van der Waals surface area contributed by atoms with Gasteiger partial charge < -0.3 is 10.4 Å². The molecule has 0 spiro atoms. The fraction of sp³-hybridized carbons (Fsp3) is 0.765. The number of nitrogens with one attached hydrogen (secondary N) is 1. The number of carbonyl (C=O) groups excluding carboxylic acids is 1. The lowest BCUT2D eigenvalue weighted by Crippen LogP contribution is -2.42. The highest BCUT2D eigenvalue weighted by atomic mass is 16.3. The Morgan fingerprint density at radius 2 is 1.91 bits per heavy atom. The second-order valence-electron chi connectivity index (χ2n) is 6.69. The number of rotatable bonds is 5. The molecule has 2 rings (SSSR count). The van der Waals surface area contributed by atoms with Crippen molar-refractivity contribution in [3.63, 3.8) is 0 Å². The van der Waals surface area contributed by atoms with Gasteiger partial charge in [0.2, 0.25) is 5.91 Å². The van der Waals surface area contributed by atoms with Crippen molar-refractivity contribution in [2.45, 2.75) is 70.8 Å². The largest absolute Gasteiger partial charge is 0.388 e. The smallest absolute Gasteiger partial charge is 0.220 e. The SMILES string of the molecule is Cc1nn(C)c(C)c1CCC(=O)NCC1(O)CCCCCC1. The van der Waals surface area contributed by atoms with Gasteiger partial charge in [0, 0.05) is 25.7 Å². The Morgan fingerprint density at radius 3 is 2.45 bits per heavy atom. The zero-order chi connectivity index (χ0) is 16.2. The Kier molecular flexibility index (Phi) is 5.62. The molecule has 1 aromatic rings. The Bertz CT molecular complexity index is 514. The third kappa shape index (κ3) is 4.32. The molecule has 1 aliphatic rings. The molecule has 1 aromatic heterocycles. The average Bonchev–Trinajstić information content (AvgIpc) is 2.65. The van der Waals surface area contributed by atoms with Crippen LogP contribution in [0.1, 0.15) is 61.9 Å². The molecule has 0 atom stereocenters. The maximum atomic E-state index is 12.1. The summed E-state index contributed by atoms with van der Waals surface area (Å²) in [6, 6.07) is 0. The Labute approximate surface area is 133 Å². The minimum absolute atomic E-state index is 0.0142. The van der Waals surface area contributed by atoms with E-state index in [0.29, 0.717) is 19.4 Å². The van der Waals surface area contributed by atoms with Gasteiger partial charge in [-0.1, -0.05) is 25.7 Å². The van der Waals surface area contributed by atoms with E-state index in [1.807, 2.05) is 25.6 Å². The summed E-state index contributed by atoms with van der Waals surface area (Å²) in [5.74, 6) is 0.0142. The monoisotopic (exact) mass is 307 g/mol. The summed E-state index contributed by atoms with van der Waals surface area (Å²) in [5.41, 5.74) is 2.57. The Balaban J connectivity index is 1.80. The molecular weight excluding hydrogens is 278 g/mol. The van der Waals surface area contributed by atoms with E-state index >= 15 is 0 Å². The predicted molar refractivity (Wildman–Crippen MR) is 86.7 cm³/mol. The standard InChI is InChI=1S/C17H29N3O2/c1-13-15(14(2)20(3)19-13)8-9-16(21)18-12-17(22)10-6-4-5-7-11-17/h22H,4-12H2,1-3H3,(H,18,21). The van der Waals surface area contributed by atoms with Gasteiger partial charge in [0.1, 0.15) is 0 Å². The number of aromatic nitrogens is 2. The van der Waals surface area contributed by atoms with Crippen molar-refractivity contribution < 1.29 is 9.90 Å². The first-order valence-corrected chi connectivity index (χ1v) is 8.39. The van der Waals surface area contributed by atoms with Crippen LogP contribution in [0.25, 0.3) is 0 Å². The highest BCUT2D eigenvalue weighted by Crippen LogP contribution is 2.26. The van der Waals surface area contributed by atoms with E-state index in [0.717, 1.165) is 42.6 Å². The number of amides is 1. The maximum absolute atomic E-state index is 12.1. The molecular formula is C17H29N3O2. The number of carbonyl (C=O) groups is 1. The number of aliphatic hydroxyl groups is 1. The first-order valence-electron chi connectivity index (χ1n) is 8.39. The van der Waals surface area contributed by atoms with Crippen LogP contribution in [-0.2, 0) is 18.3 Å². The van der Waals surface area contributed by atoms with Crippen molar-refractivity contribution in [2.24, 2.45) is 7.05 Å². The molecule has 0 aliphatic heterocycles. The van der Waals surface area contributed by atoms with E-state index < -0.39 is 5.60 Å². The van der Waals surface area contributed by atoms with Crippen molar-refractivity contribution >= 4 is 5.91 Å². The van der Waals surface area contributed by atoms with Crippen LogP contribution in [0.3, 0.4) is 0 Å². The van der Waals surface area contributed by atoms with Crippen molar-refractivity contribution in [2.75, 3.05) is 6.54 Å². The molecule has 0 bridgehead atoms. The molecule has 1 heterocycles. The molecule has 124 valence electrons.